The third kappa shape index (κ3) is 5.64. The van der Waals surface area contributed by atoms with Crippen LogP contribution < -0.4 is 4.74 Å². The minimum atomic E-state index is 0.596. The minimum Gasteiger partial charge on any atom is -0.494 e. The van der Waals surface area contributed by atoms with Gasteiger partial charge in [0.05, 0.1) is 29.2 Å². The Morgan fingerprint density at radius 1 is 0.842 bits per heavy atom. The van der Waals surface area contributed by atoms with Crippen LogP contribution >= 0.6 is 34.8 Å². The molecular formula is C31H30Cl3N3O. The first-order valence-electron chi connectivity index (χ1n) is 12.9. The molecule has 0 amide bonds. The smallest absolute Gasteiger partial charge is 0.124 e. The van der Waals surface area contributed by atoms with Crippen molar-refractivity contribution in [1.82, 2.24) is 14.5 Å². The molecule has 5 rings (SSSR count). The lowest BCUT2D eigenvalue weighted by Gasteiger charge is -2.25. The van der Waals surface area contributed by atoms with Gasteiger partial charge in [0.1, 0.15) is 11.6 Å². The molecule has 0 aliphatic rings. The molecular weight excluding hydrogens is 537 g/mol. The molecule has 0 fully saturated rings. The van der Waals surface area contributed by atoms with Crippen molar-refractivity contribution in [3.8, 4) is 5.75 Å². The first kappa shape index (κ1) is 26.8. The van der Waals surface area contributed by atoms with Gasteiger partial charge in [-0.2, -0.15) is 0 Å². The van der Waals surface area contributed by atoms with Gasteiger partial charge in [0.25, 0.3) is 0 Å². The molecule has 5 aromatic rings. The van der Waals surface area contributed by atoms with E-state index >= 15 is 0 Å². The highest BCUT2D eigenvalue weighted by molar-refractivity contribution is 6.35. The van der Waals surface area contributed by atoms with Gasteiger partial charge in [-0.15, -0.1) is 0 Å². The Labute approximate surface area is 238 Å². The standard InChI is InChI=1S/C31H30Cl3N3O/c1-3-16-37-30(35-28-11-7-10-26(33)31(28)37)20-36(18-22-12-14-23(32)17-27(22)34)19-25-24-9-6-5-8-21(24)13-15-29(25)38-4-2/h5-15,17H,3-4,16,18-20H2,1-2H3. The summed E-state index contributed by atoms with van der Waals surface area (Å²) in [5.74, 6) is 1.86. The van der Waals surface area contributed by atoms with Crippen molar-refractivity contribution in [2.45, 2.75) is 46.4 Å². The maximum atomic E-state index is 6.65. The molecule has 4 aromatic carbocycles. The number of halogens is 3. The van der Waals surface area contributed by atoms with Crippen LogP contribution in [0, 0.1) is 0 Å². The van der Waals surface area contributed by atoms with Crippen LogP contribution in [0.1, 0.15) is 37.2 Å². The molecule has 0 unspecified atom stereocenters. The number of aryl methyl sites for hydroxylation is 1. The molecule has 0 aliphatic heterocycles. The zero-order valence-electron chi connectivity index (χ0n) is 21.6. The van der Waals surface area contributed by atoms with E-state index in [4.69, 9.17) is 44.5 Å². The second-order valence-electron chi connectivity index (χ2n) is 9.36. The van der Waals surface area contributed by atoms with Gasteiger partial charge < -0.3 is 9.30 Å². The highest BCUT2D eigenvalue weighted by atomic mass is 35.5. The van der Waals surface area contributed by atoms with Gasteiger partial charge in [0, 0.05) is 35.2 Å². The van der Waals surface area contributed by atoms with E-state index in [1.165, 1.54) is 10.8 Å². The number of benzene rings is 4. The molecule has 1 aromatic heterocycles. The Bertz CT molecular complexity index is 1580. The monoisotopic (exact) mass is 565 g/mol. The van der Waals surface area contributed by atoms with Crippen LogP contribution in [0.3, 0.4) is 0 Å². The van der Waals surface area contributed by atoms with E-state index in [0.29, 0.717) is 36.3 Å². The summed E-state index contributed by atoms with van der Waals surface area (Å²) in [5, 5.41) is 4.35. The van der Waals surface area contributed by atoms with E-state index < -0.39 is 0 Å². The Balaban J connectivity index is 1.60. The SMILES string of the molecule is CCCn1c(CN(Cc2ccc(Cl)cc2Cl)Cc2c(OCC)ccc3ccccc23)nc2cccc(Cl)c21. The van der Waals surface area contributed by atoms with E-state index in [9.17, 15) is 0 Å². The van der Waals surface area contributed by atoms with E-state index in [0.717, 1.165) is 51.7 Å². The summed E-state index contributed by atoms with van der Waals surface area (Å²) < 4.78 is 8.35. The molecule has 0 atom stereocenters. The molecule has 0 saturated heterocycles. The van der Waals surface area contributed by atoms with Crippen LogP contribution in [0.2, 0.25) is 15.1 Å². The average Bonchev–Trinajstić information content (AvgIpc) is 3.25. The summed E-state index contributed by atoms with van der Waals surface area (Å²) in [5.41, 5.74) is 4.04. The van der Waals surface area contributed by atoms with E-state index in [2.05, 4.69) is 52.8 Å². The van der Waals surface area contributed by atoms with Gasteiger partial charge in [-0.3, -0.25) is 4.90 Å². The second kappa shape index (κ2) is 12.0. The number of fused-ring (bicyclic) bond motifs is 2. The number of para-hydroxylation sites is 1. The highest BCUT2D eigenvalue weighted by Crippen LogP contribution is 2.32. The molecule has 0 N–H and O–H groups in total. The van der Waals surface area contributed by atoms with Crippen molar-refractivity contribution >= 4 is 56.6 Å². The molecule has 196 valence electrons. The van der Waals surface area contributed by atoms with Gasteiger partial charge in [-0.1, -0.05) is 84.2 Å². The third-order valence-electron chi connectivity index (χ3n) is 6.70. The van der Waals surface area contributed by atoms with E-state index in [-0.39, 0.29) is 0 Å². The summed E-state index contributed by atoms with van der Waals surface area (Å²) in [6.45, 7) is 7.50. The molecule has 0 radical (unpaired) electrons. The van der Waals surface area contributed by atoms with Crippen molar-refractivity contribution in [3.63, 3.8) is 0 Å². The van der Waals surface area contributed by atoms with Crippen LogP contribution in [-0.4, -0.2) is 21.1 Å². The average molecular weight is 567 g/mol. The number of imidazole rings is 1. The fraction of sp³-hybridized carbons (Fsp3) is 0.258. The number of hydrogen-bond donors (Lipinski definition) is 0. The molecule has 0 aliphatic carbocycles. The number of ether oxygens (including phenoxy) is 1. The van der Waals surface area contributed by atoms with Gasteiger partial charge >= 0.3 is 0 Å². The van der Waals surface area contributed by atoms with E-state index in [1.807, 2.05) is 37.3 Å². The van der Waals surface area contributed by atoms with Crippen molar-refractivity contribution < 1.29 is 4.74 Å². The fourth-order valence-corrected chi connectivity index (χ4v) is 5.77. The summed E-state index contributed by atoms with van der Waals surface area (Å²) >= 11 is 19.5. The van der Waals surface area contributed by atoms with Gasteiger partial charge in [-0.25, -0.2) is 4.98 Å². The Hall–Kier alpha value is -2.76. The third-order valence-corrected chi connectivity index (χ3v) is 7.59. The van der Waals surface area contributed by atoms with Gasteiger partial charge in [0.15, 0.2) is 0 Å². The largest absolute Gasteiger partial charge is 0.494 e. The lowest BCUT2D eigenvalue weighted by Crippen LogP contribution is -2.25. The Kier molecular flexibility index (Phi) is 8.45. The molecule has 0 bridgehead atoms. The number of aromatic nitrogens is 2. The fourth-order valence-electron chi connectivity index (χ4n) is 5.03. The van der Waals surface area contributed by atoms with Crippen molar-refractivity contribution in [3.05, 3.63) is 105 Å². The van der Waals surface area contributed by atoms with Crippen LogP contribution in [-0.2, 0) is 26.2 Å². The Morgan fingerprint density at radius 2 is 1.68 bits per heavy atom. The predicted octanol–water partition coefficient (Wildman–Crippen LogP) is 9.16. The molecule has 38 heavy (non-hydrogen) atoms. The zero-order chi connectivity index (χ0) is 26.6. The van der Waals surface area contributed by atoms with Crippen LogP contribution in [0.5, 0.6) is 5.75 Å². The molecule has 7 heteroatoms. The van der Waals surface area contributed by atoms with E-state index in [1.54, 1.807) is 6.07 Å². The molecule has 4 nitrogen and oxygen atoms in total. The van der Waals surface area contributed by atoms with Crippen LogP contribution in [0.15, 0.2) is 72.8 Å². The number of nitrogens with zero attached hydrogens (tertiary/aromatic N) is 3. The topological polar surface area (TPSA) is 30.3 Å². The first-order valence-corrected chi connectivity index (χ1v) is 14.0. The normalized spacial score (nSPS) is 11.6. The summed E-state index contributed by atoms with van der Waals surface area (Å²) in [4.78, 5) is 7.39. The van der Waals surface area contributed by atoms with Crippen molar-refractivity contribution in [2.75, 3.05) is 6.61 Å². The van der Waals surface area contributed by atoms with Crippen LogP contribution in [0.4, 0.5) is 0 Å². The first-order chi connectivity index (χ1) is 18.5. The zero-order valence-corrected chi connectivity index (χ0v) is 23.8. The van der Waals surface area contributed by atoms with Crippen molar-refractivity contribution in [2.24, 2.45) is 0 Å². The van der Waals surface area contributed by atoms with Crippen LogP contribution in [0.25, 0.3) is 21.8 Å². The Morgan fingerprint density at radius 3 is 2.47 bits per heavy atom. The van der Waals surface area contributed by atoms with Gasteiger partial charge in [-0.05, 0) is 60.0 Å². The minimum absolute atomic E-state index is 0.596. The quantitative estimate of drug-likeness (QED) is 0.169. The van der Waals surface area contributed by atoms with Gasteiger partial charge in [0.2, 0.25) is 0 Å². The maximum Gasteiger partial charge on any atom is 0.124 e. The summed E-state index contributed by atoms with van der Waals surface area (Å²) in [6, 6.07) is 24.2. The second-order valence-corrected chi connectivity index (χ2v) is 10.6. The lowest BCUT2D eigenvalue weighted by atomic mass is 10.0. The summed E-state index contributed by atoms with van der Waals surface area (Å²) in [7, 11) is 0. The highest BCUT2D eigenvalue weighted by Gasteiger charge is 2.20. The van der Waals surface area contributed by atoms with Crippen molar-refractivity contribution in [1.29, 1.82) is 0 Å². The number of rotatable bonds is 10. The summed E-state index contributed by atoms with van der Waals surface area (Å²) in [6.07, 6.45) is 0.977. The number of hydrogen-bond acceptors (Lipinski definition) is 3. The molecule has 0 saturated carbocycles. The maximum absolute atomic E-state index is 6.65. The lowest BCUT2D eigenvalue weighted by molar-refractivity contribution is 0.233. The molecule has 1 heterocycles. The molecule has 0 spiro atoms. The predicted molar refractivity (Wildman–Crippen MR) is 160 cm³/mol.